The molecule has 0 radical (unpaired) electrons. The molecule has 2 rings (SSSR count). The molecule has 1 saturated heterocycles. The fourth-order valence-corrected chi connectivity index (χ4v) is 5.90. The molecule has 1 atom stereocenters. The van der Waals surface area contributed by atoms with Gasteiger partial charge in [-0.3, -0.25) is 14.4 Å². The van der Waals surface area contributed by atoms with Gasteiger partial charge in [0.1, 0.15) is 0 Å². The predicted molar refractivity (Wildman–Crippen MR) is 104 cm³/mol. The molecule has 0 bridgehead atoms. The number of thioether (sulfide) groups is 1. The highest BCUT2D eigenvalue weighted by Gasteiger charge is 2.28. The van der Waals surface area contributed by atoms with E-state index in [9.17, 15) is 22.8 Å². The van der Waals surface area contributed by atoms with Crippen molar-refractivity contribution < 1.29 is 27.5 Å². The zero-order valence-electron chi connectivity index (χ0n) is 14.9. The Bertz CT molecular complexity index is 809. The lowest BCUT2D eigenvalue weighted by Gasteiger charge is -2.09. The van der Waals surface area contributed by atoms with E-state index < -0.39 is 28.3 Å². The Morgan fingerprint density at radius 1 is 1.30 bits per heavy atom. The van der Waals surface area contributed by atoms with Crippen molar-refractivity contribution >= 4 is 45.1 Å². The van der Waals surface area contributed by atoms with Gasteiger partial charge in [0.2, 0.25) is 0 Å². The first-order chi connectivity index (χ1) is 12.8. The van der Waals surface area contributed by atoms with Gasteiger partial charge in [-0.15, -0.1) is 11.8 Å². The normalized spacial score (nSPS) is 17.9. The van der Waals surface area contributed by atoms with Gasteiger partial charge < -0.3 is 15.4 Å². The molecule has 0 spiro atoms. The van der Waals surface area contributed by atoms with Crippen molar-refractivity contribution in [3.05, 3.63) is 29.8 Å². The number of hydrogen-bond acceptors (Lipinski definition) is 7. The zero-order chi connectivity index (χ0) is 19.9. The second-order valence-corrected chi connectivity index (χ2v) is 9.50. The number of sulfone groups is 1. The van der Waals surface area contributed by atoms with Gasteiger partial charge in [0.25, 0.3) is 11.8 Å². The molecule has 1 aliphatic rings. The Kier molecular flexibility index (Phi) is 7.66. The molecule has 1 aliphatic heterocycles. The molecule has 2 amide bonds. The van der Waals surface area contributed by atoms with Gasteiger partial charge in [0.15, 0.2) is 16.4 Å². The van der Waals surface area contributed by atoms with Crippen molar-refractivity contribution in [1.29, 1.82) is 0 Å². The first kappa shape index (κ1) is 21.2. The Balaban J connectivity index is 1.73. The van der Waals surface area contributed by atoms with Crippen molar-refractivity contribution in [3.8, 4) is 0 Å². The molecule has 1 fully saturated rings. The van der Waals surface area contributed by atoms with Crippen LogP contribution < -0.4 is 10.6 Å². The van der Waals surface area contributed by atoms with E-state index in [4.69, 9.17) is 4.74 Å². The lowest BCUT2D eigenvalue weighted by molar-refractivity contribution is -0.144. The quantitative estimate of drug-likeness (QED) is 0.605. The largest absolute Gasteiger partial charge is 0.455 e. The Labute approximate surface area is 162 Å². The molecule has 1 aromatic carbocycles. The summed E-state index contributed by atoms with van der Waals surface area (Å²) in [6.07, 6.45) is 0.530. The third-order valence-electron chi connectivity index (χ3n) is 3.74. The maximum atomic E-state index is 11.9. The van der Waals surface area contributed by atoms with Crippen LogP contribution in [0.3, 0.4) is 0 Å². The molecule has 0 unspecified atom stereocenters. The summed E-state index contributed by atoms with van der Waals surface area (Å²) in [5.74, 6) is -1.11. The Morgan fingerprint density at radius 3 is 2.74 bits per heavy atom. The molecule has 148 valence electrons. The summed E-state index contributed by atoms with van der Waals surface area (Å²) >= 11 is 1.23. The number of hydrogen-bond donors (Lipinski definition) is 2. The average molecular weight is 415 g/mol. The molecule has 0 aliphatic carbocycles. The van der Waals surface area contributed by atoms with E-state index in [1.165, 1.54) is 17.8 Å². The summed E-state index contributed by atoms with van der Waals surface area (Å²) in [7, 11) is -2.98. The van der Waals surface area contributed by atoms with Crippen LogP contribution in [0.25, 0.3) is 0 Å². The minimum absolute atomic E-state index is 0.000140. The lowest BCUT2D eigenvalue weighted by Crippen LogP contribution is -2.24. The number of nitrogens with one attached hydrogen (secondary N) is 2. The number of carbonyl (C=O) groups excluding carboxylic acids is 3. The van der Waals surface area contributed by atoms with Gasteiger partial charge in [0, 0.05) is 23.0 Å². The van der Waals surface area contributed by atoms with Crippen LogP contribution in [-0.4, -0.2) is 61.9 Å². The van der Waals surface area contributed by atoms with E-state index in [0.29, 0.717) is 24.2 Å². The molecule has 10 heteroatoms. The van der Waals surface area contributed by atoms with Gasteiger partial charge >= 0.3 is 5.97 Å². The third-order valence-corrected chi connectivity index (χ3v) is 6.99. The van der Waals surface area contributed by atoms with Crippen molar-refractivity contribution in [2.45, 2.75) is 18.6 Å². The second kappa shape index (κ2) is 9.75. The summed E-state index contributed by atoms with van der Waals surface area (Å²) in [5, 5.41) is 5.12. The highest BCUT2D eigenvalue weighted by Crippen LogP contribution is 2.24. The molecule has 2 N–H and O–H groups in total. The molecule has 1 heterocycles. The van der Waals surface area contributed by atoms with Crippen molar-refractivity contribution in [2.24, 2.45) is 0 Å². The number of carbonyl (C=O) groups is 3. The monoisotopic (exact) mass is 414 g/mol. The molecular weight excluding hydrogens is 392 g/mol. The fraction of sp³-hybridized carbons (Fsp3) is 0.471. The standard InChI is InChI=1S/C17H22N2O6S2/c1-2-18-17(22)12-4-3-5-13(8-12)19-15(20)9-25-16(21)10-26-14-6-7-27(23,24)11-14/h3-5,8,14H,2,6-7,9-11H2,1H3,(H,18,22)(H,19,20)/t14-/m1/s1. The van der Waals surface area contributed by atoms with E-state index in [1.54, 1.807) is 18.2 Å². The van der Waals surface area contributed by atoms with Gasteiger partial charge in [0.05, 0.1) is 17.3 Å². The van der Waals surface area contributed by atoms with E-state index >= 15 is 0 Å². The van der Waals surface area contributed by atoms with Gasteiger partial charge in [-0.05, 0) is 31.5 Å². The van der Waals surface area contributed by atoms with Crippen LogP contribution in [0, 0.1) is 0 Å². The number of esters is 1. The Morgan fingerprint density at radius 2 is 2.07 bits per heavy atom. The number of benzene rings is 1. The van der Waals surface area contributed by atoms with Crippen LogP contribution in [-0.2, 0) is 24.2 Å². The van der Waals surface area contributed by atoms with E-state index in [-0.39, 0.29) is 28.4 Å². The molecule has 0 saturated carbocycles. The van der Waals surface area contributed by atoms with Gasteiger partial charge in [-0.25, -0.2) is 8.42 Å². The fourth-order valence-electron chi connectivity index (χ4n) is 2.46. The number of rotatable bonds is 8. The highest BCUT2D eigenvalue weighted by atomic mass is 32.2. The molecule has 27 heavy (non-hydrogen) atoms. The SMILES string of the molecule is CCNC(=O)c1cccc(NC(=O)COC(=O)CS[C@@H]2CCS(=O)(=O)C2)c1. The van der Waals surface area contributed by atoms with Crippen LogP contribution in [0.1, 0.15) is 23.7 Å². The lowest BCUT2D eigenvalue weighted by atomic mass is 10.2. The predicted octanol–water partition coefficient (Wildman–Crippen LogP) is 0.838. The van der Waals surface area contributed by atoms with Crippen molar-refractivity contribution in [3.63, 3.8) is 0 Å². The average Bonchev–Trinajstić information content (AvgIpc) is 2.97. The summed E-state index contributed by atoms with van der Waals surface area (Å²) in [6, 6.07) is 6.42. The van der Waals surface area contributed by atoms with E-state index in [2.05, 4.69) is 10.6 Å². The van der Waals surface area contributed by atoms with Crippen LogP contribution in [0.15, 0.2) is 24.3 Å². The third kappa shape index (κ3) is 7.22. The summed E-state index contributed by atoms with van der Waals surface area (Å²) in [6.45, 7) is 1.85. The van der Waals surface area contributed by atoms with Crippen molar-refractivity contribution in [2.75, 3.05) is 35.7 Å². The first-order valence-corrected chi connectivity index (χ1v) is 11.3. The van der Waals surface area contributed by atoms with Crippen molar-refractivity contribution in [1.82, 2.24) is 5.32 Å². The molecule has 8 nitrogen and oxygen atoms in total. The zero-order valence-corrected chi connectivity index (χ0v) is 16.5. The van der Waals surface area contributed by atoms with Crippen LogP contribution in [0.4, 0.5) is 5.69 Å². The van der Waals surface area contributed by atoms with E-state index in [0.717, 1.165) is 0 Å². The molecule has 1 aromatic rings. The highest BCUT2D eigenvalue weighted by molar-refractivity contribution is 8.02. The maximum Gasteiger partial charge on any atom is 0.316 e. The minimum atomic E-state index is -2.98. The first-order valence-electron chi connectivity index (χ1n) is 8.45. The molecule has 0 aromatic heterocycles. The summed E-state index contributed by atoms with van der Waals surface area (Å²) in [5.41, 5.74) is 0.833. The second-order valence-electron chi connectivity index (χ2n) is 5.99. The van der Waals surface area contributed by atoms with Gasteiger partial charge in [-0.1, -0.05) is 6.07 Å². The number of anilines is 1. The van der Waals surface area contributed by atoms with Crippen LogP contribution in [0.2, 0.25) is 0 Å². The van der Waals surface area contributed by atoms with Crippen LogP contribution in [0.5, 0.6) is 0 Å². The minimum Gasteiger partial charge on any atom is -0.455 e. The van der Waals surface area contributed by atoms with E-state index in [1.807, 2.05) is 6.92 Å². The topological polar surface area (TPSA) is 119 Å². The van der Waals surface area contributed by atoms with Gasteiger partial charge in [-0.2, -0.15) is 0 Å². The maximum absolute atomic E-state index is 11.9. The molecular formula is C17H22N2O6S2. The summed E-state index contributed by atoms with van der Waals surface area (Å²) < 4.78 is 27.6. The number of ether oxygens (including phenoxy) is 1. The smallest absolute Gasteiger partial charge is 0.316 e. The van der Waals surface area contributed by atoms with Crippen LogP contribution >= 0.6 is 11.8 Å². The summed E-state index contributed by atoms with van der Waals surface area (Å²) in [4.78, 5) is 35.4. The number of amides is 2. The Hall–Kier alpha value is -2.07.